The predicted octanol–water partition coefficient (Wildman–Crippen LogP) is 2.92. The summed E-state index contributed by atoms with van der Waals surface area (Å²) in [6, 6.07) is 14.0. The van der Waals surface area contributed by atoms with Gasteiger partial charge >= 0.3 is 0 Å². The third kappa shape index (κ3) is 5.36. The number of amides is 2. The third-order valence-electron chi connectivity index (χ3n) is 4.02. The Labute approximate surface area is 176 Å². The lowest BCUT2D eigenvalue weighted by atomic mass is 10.2. The first-order chi connectivity index (χ1) is 14.0. The number of para-hydroxylation sites is 2. The zero-order valence-corrected chi connectivity index (χ0v) is 17.2. The maximum Gasteiger partial charge on any atom is 0.262 e. The fraction of sp³-hybridized carbons (Fsp3) is 0.200. The van der Waals surface area contributed by atoms with Crippen molar-refractivity contribution in [3.63, 3.8) is 0 Å². The minimum Gasteiger partial charge on any atom is -0.355 e. The van der Waals surface area contributed by atoms with Gasteiger partial charge in [0, 0.05) is 20.0 Å². The number of fused-ring (bicyclic) bond motifs is 1. The first-order valence-electron chi connectivity index (χ1n) is 8.87. The summed E-state index contributed by atoms with van der Waals surface area (Å²) in [6.45, 7) is 1.95. The molecule has 1 heterocycles. The molecule has 2 N–H and O–H groups in total. The number of carbonyl (C=O) groups excluding carboxylic acids is 2. The zero-order chi connectivity index (χ0) is 20.8. The number of nitrogens with zero attached hydrogens (tertiary/aromatic N) is 2. The molecule has 0 saturated heterocycles. The predicted molar refractivity (Wildman–Crippen MR) is 115 cm³/mol. The van der Waals surface area contributed by atoms with Crippen LogP contribution in [-0.2, 0) is 16.1 Å². The van der Waals surface area contributed by atoms with Crippen LogP contribution in [0.15, 0.2) is 58.5 Å². The maximum absolute atomic E-state index is 12.9. The van der Waals surface area contributed by atoms with Crippen molar-refractivity contribution < 1.29 is 9.59 Å². The monoisotopic (exact) mass is 430 g/mol. The number of anilines is 1. The Hall–Kier alpha value is -2.84. The number of hydrogen-bond donors (Lipinski definition) is 2. The second kappa shape index (κ2) is 9.58. The molecular weight excluding hydrogens is 412 g/mol. The van der Waals surface area contributed by atoms with Crippen LogP contribution < -0.4 is 16.2 Å². The molecule has 0 spiro atoms. The van der Waals surface area contributed by atoms with E-state index in [4.69, 9.17) is 11.6 Å². The highest BCUT2D eigenvalue weighted by Gasteiger charge is 2.14. The van der Waals surface area contributed by atoms with Crippen molar-refractivity contribution in [2.45, 2.75) is 18.6 Å². The third-order valence-corrected chi connectivity index (χ3v) is 5.32. The van der Waals surface area contributed by atoms with Gasteiger partial charge in [0.2, 0.25) is 11.8 Å². The van der Waals surface area contributed by atoms with E-state index in [2.05, 4.69) is 15.6 Å². The summed E-state index contributed by atoms with van der Waals surface area (Å²) in [5.41, 5.74) is 0.867. The molecule has 0 aliphatic carbocycles. The molecule has 0 aliphatic heterocycles. The number of thioether (sulfide) groups is 1. The van der Waals surface area contributed by atoms with Crippen LogP contribution in [0.5, 0.6) is 0 Å². The quantitative estimate of drug-likeness (QED) is 0.444. The van der Waals surface area contributed by atoms with Gasteiger partial charge in [-0.1, -0.05) is 47.6 Å². The molecular formula is C20H19ClN4O3S. The van der Waals surface area contributed by atoms with Gasteiger partial charge in [0.15, 0.2) is 5.16 Å². The van der Waals surface area contributed by atoms with Crippen LogP contribution in [0.3, 0.4) is 0 Å². The lowest BCUT2D eigenvalue weighted by molar-refractivity contribution is -0.119. The molecule has 7 nitrogen and oxygen atoms in total. The Morgan fingerprint density at radius 3 is 2.62 bits per heavy atom. The normalized spacial score (nSPS) is 10.7. The highest BCUT2D eigenvalue weighted by molar-refractivity contribution is 7.99. The van der Waals surface area contributed by atoms with Gasteiger partial charge in [-0.15, -0.1) is 0 Å². The second-order valence-electron chi connectivity index (χ2n) is 6.17. The molecule has 0 atom stereocenters. The molecule has 1 aromatic heterocycles. The van der Waals surface area contributed by atoms with Crippen LogP contribution in [0.1, 0.15) is 6.92 Å². The van der Waals surface area contributed by atoms with E-state index < -0.39 is 0 Å². The van der Waals surface area contributed by atoms with Gasteiger partial charge in [-0.2, -0.15) is 0 Å². The van der Waals surface area contributed by atoms with Crippen molar-refractivity contribution in [2.75, 3.05) is 17.6 Å². The number of nitrogens with one attached hydrogen (secondary N) is 2. The van der Waals surface area contributed by atoms with Crippen molar-refractivity contribution in [3.8, 4) is 0 Å². The molecule has 3 aromatic rings. The van der Waals surface area contributed by atoms with E-state index in [1.165, 1.54) is 11.5 Å². The molecule has 150 valence electrons. The molecule has 2 aromatic carbocycles. The Balaban J connectivity index is 1.81. The van der Waals surface area contributed by atoms with Crippen molar-refractivity contribution in [2.24, 2.45) is 0 Å². The summed E-state index contributed by atoms with van der Waals surface area (Å²) in [7, 11) is 0. The summed E-state index contributed by atoms with van der Waals surface area (Å²) >= 11 is 7.22. The standard InChI is InChI=1S/C20H19ClN4O3S/c1-13(26)22-10-11-25-19(28)14-6-2-4-8-16(14)24-20(25)29-12-18(27)23-17-9-5-3-7-15(17)21/h2-9H,10-12H2,1H3,(H,22,26)(H,23,27). The highest BCUT2D eigenvalue weighted by Crippen LogP contribution is 2.22. The molecule has 0 aliphatic rings. The molecule has 3 rings (SSSR count). The highest BCUT2D eigenvalue weighted by atomic mass is 35.5. The minimum absolute atomic E-state index is 0.0517. The number of aromatic nitrogens is 2. The van der Waals surface area contributed by atoms with E-state index >= 15 is 0 Å². The van der Waals surface area contributed by atoms with Gasteiger partial charge in [0.25, 0.3) is 5.56 Å². The lowest BCUT2D eigenvalue weighted by Gasteiger charge is -2.13. The molecule has 0 bridgehead atoms. The van der Waals surface area contributed by atoms with E-state index in [1.54, 1.807) is 48.5 Å². The Bertz CT molecular complexity index is 1120. The van der Waals surface area contributed by atoms with Gasteiger partial charge in [-0.05, 0) is 24.3 Å². The average molecular weight is 431 g/mol. The number of hydrogen-bond acceptors (Lipinski definition) is 5. The number of carbonyl (C=O) groups is 2. The van der Waals surface area contributed by atoms with Gasteiger partial charge in [-0.3, -0.25) is 19.0 Å². The number of rotatable bonds is 7. The van der Waals surface area contributed by atoms with Crippen LogP contribution in [-0.4, -0.2) is 33.7 Å². The minimum atomic E-state index is -0.265. The van der Waals surface area contributed by atoms with Crippen molar-refractivity contribution in [1.82, 2.24) is 14.9 Å². The largest absolute Gasteiger partial charge is 0.355 e. The summed E-state index contributed by atoms with van der Waals surface area (Å²) < 4.78 is 1.48. The summed E-state index contributed by atoms with van der Waals surface area (Å²) in [6.07, 6.45) is 0. The Morgan fingerprint density at radius 1 is 1.14 bits per heavy atom. The van der Waals surface area contributed by atoms with Crippen molar-refractivity contribution in [3.05, 3.63) is 63.9 Å². The second-order valence-corrected chi connectivity index (χ2v) is 7.52. The SMILES string of the molecule is CC(=O)NCCn1c(SCC(=O)Nc2ccccc2Cl)nc2ccccc2c1=O. The van der Waals surface area contributed by atoms with Crippen molar-refractivity contribution >= 4 is 51.8 Å². The molecule has 0 unspecified atom stereocenters. The Morgan fingerprint density at radius 2 is 1.86 bits per heavy atom. The molecule has 29 heavy (non-hydrogen) atoms. The van der Waals surface area contributed by atoms with Crippen LogP contribution >= 0.6 is 23.4 Å². The molecule has 0 radical (unpaired) electrons. The van der Waals surface area contributed by atoms with Crippen LogP contribution in [0.4, 0.5) is 5.69 Å². The average Bonchev–Trinajstić information content (AvgIpc) is 2.70. The Kier molecular flexibility index (Phi) is 6.90. The van der Waals surface area contributed by atoms with Crippen LogP contribution in [0, 0.1) is 0 Å². The molecule has 9 heteroatoms. The first kappa shape index (κ1) is 20.9. The first-order valence-corrected chi connectivity index (χ1v) is 10.2. The summed E-state index contributed by atoms with van der Waals surface area (Å²) in [5.74, 6) is -0.394. The van der Waals surface area contributed by atoms with E-state index in [-0.39, 0.29) is 36.2 Å². The lowest BCUT2D eigenvalue weighted by Crippen LogP contribution is -2.31. The topological polar surface area (TPSA) is 93.1 Å². The van der Waals surface area contributed by atoms with Crippen LogP contribution in [0.25, 0.3) is 10.9 Å². The summed E-state index contributed by atoms with van der Waals surface area (Å²) in [4.78, 5) is 40.9. The maximum atomic E-state index is 12.9. The van der Waals surface area contributed by atoms with Gasteiger partial charge in [0.05, 0.1) is 27.4 Å². The summed E-state index contributed by atoms with van der Waals surface area (Å²) in [5, 5.41) is 6.76. The van der Waals surface area contributed by atoms with E-state index in [9.17, 15) is 14.4 Å². The van der Waals surface area contributed by atoms with Crippen molar-refractivity contribution in [1.29, 1.82) is 0 Å². The van der Waals surface area contributed by atoms with Gasteiger partial charge in [-0.25, -0.2) is 4.98 Å². The number of halogens is 1. The zero-order valence-electron chi connectivity index (χ0n) is 15.6. The molecule has 2 amide bonds. The van der Waals surface area contributed by atoms with Gasteiger partial charge < -0.3 is 10.6 Å². The molecule has 0 fully saturated rings. The molecule has 0 saturated carbocycles. The number of benzene rings is 2. The van der Waals surface area contributed by atoms with Crippen LogP contribution in [0.2, 0.25) is 5.02 Å². The van der Waals surface area contributed by atoms with E-state index in [1.807, 2.05) is 0 Å². The fourth-order valence-corrected chi connectivity index (χ4v) is 3.69. The van der Waals surface area contributed by atoms with E-state index in [0.29, 0.717) is 26.8 Å². The smallest absolute Gasteiger partial charge is 0.262 e. The van der Waals surface area contributed by atoms with Gasteiger partial charge in [0.1, 0.15) is 0 Å². The fourth-order valence-electron chi connectivity index (χ4n) is 2.68. The van der Waals surface area contributed by atoms with E-state index in [0.717, 1.165) is 11.8 Å².